The maximum Gasteiger partial charge on any atom is 0.127 e. The van der Waals surface area contributed by atoms with Gasteiger partial charge >= 0.3 is 0 Å². The van der Waals surface area contributed by atoms with E-state index in [1.807, 2.05) is 25.1 Å². The van der Waals surface area contributed by atoms with E-state index >= 15 is 0 Å². The highest BCUT2D eigenvalue weighted by Gasteiger charge is 2.23. The summed E-state index contributed by atoms with van der Waals surface area (Å²) in [5.74, 6) is 6.66. The maximum absolute atomic E-state index is 13.6. The van der Waals surface area contributed by atoms with Gasteiger partial charge in [-0.25, -0.2) is 9.82 Å². The quantitative estimate of drug-likeness (QED) is 0.656. The van der Waals surface area contributed by atoms with Crippen molar-refractivity contribution in [1.82, 2.24) is 5.43 Å². The SMILES string of the molecule is COc1cccc(OC)c1C(NN)c1cc(F)ccc1C. The summed E-state index contributed by atoms with van der Waals surface area (Å²) in [7, 11) is 3.15. The van der Waals surface area contributed by atoms with Crippen molar-refractivity contribution in [3.63, 3.8) is 0 Å². The number of aryl methyl sites for hydroxylation is 1. The largest absolute Gasteiger partial charge is 0.496 e. The highest BCUT2D eigenvalue weighted by atomic mass is 19.1. The Labute approximate surface area is 123 Å². The summed E-state index contributed by atoms with van der Waals surface area (Å²) in [5.41, 5.74) is 5.12. The molecule has 0 saturated carbocycles. The molecule has 0 saturated heterocycles. The van der Waals surface area contributed by atoms with Crippen molar-refractivity contribution in [3.05, 3.63) is 58.9 Å². The van der Waals surface area contributed by atoms with Crippen LogP contribution in [-0.4, -0.2) is 14.2 Å². The van der Waals surface area contributed by atoms with E-state index in [0.29, 0.717) is 11.5 Å². The topological polar surface area (TPSA) is 56.5 Å². The third kappa shape index (κ3) is 2.99. The van der Waals surface area contributed by atoms with Crippen LogP contribution in [0.15, 0.2) is 36.4 Å². The molecule has 0 amide bonds. The van der Waals surface area contributed by atoms with Gasteiger partial charge in [0.15, 0.2) is 0 Å². The number of ether oxygens (including phenoxy) is 2. The van der Waals surface area contributed by atoms with Gasteiger partial charge in [-0.1, -0.05) is 12.1 Å². The first-order valence-corrected chi connectivity index (χ1v) is 6.55. The summed E-state index contributed by atoms with van der Waals surface area (Å²) in [6, 6.07) is 9.63. The molecule has 4 nitrogen and oxygen atoms in total. The summed E-state index contributed by atoms with van der Waals surface area (Å²) in [4.78, 5) is 0. The first kappa shape index (κ1) is 15.3. The Bertz CT molecular complexity index is 609. The Morgan fingerprint density at radius 2 is 1.71 bits per heavy atom. The number of nitrogens with two attached hydrogens (primary N) is 1. The van der Waals surface area contributed by atoms with E-state index in [2.05, 4.69) is 5.43 Å². The number of nitrogens with one attached hydrogen (secondary N) is 1. The first-order valence-electron chi connectivity index (χ1n) is 6.55. The van der Waals surface area contributed by atoms with Crippen LogP contribution in [0.1, 0.15) is 22.7 Å². The molecule has 0 fully saturated rings. The smallest absolute Gasteiger partial charge is 0.127 e. The molecular weight excluding hydrogens is 271 g/mol. The second-order valence-electron chi connectivity index (χ2n) is 4.68. The lowest BCUT2D eigenvalue weighted by molar-refractivity contribution is 0.377. The Hall–Kier alpha value is -2.11. The molecule has 0 aliphatic carbocycles. The van der Waals surface area contributed by atoms with Gasteiger partial charge in [0.05, 0.1) is 25.8 Å². The molecule has 0 aromatic heterocycles. The van der Waals surface area contributed by atoms with Crippen molar-refractivity contribution in [1.29, 1.82) is 0 Å². The zero-order valence-electron chi connectivity index (χ0n) is 12.3. The molecule has 2 aromatic carbocycles. The molecule has 1 unspecified atom stereocenters. The lowest BCUT2D eigenvalue weighted by Gasteiger charge is -2.23. The second-order valence-corrected chi connectivity index (χ2v) is 4.68. The lowest BCUT2D eigenvalue weighted by Crippen LogP contribution is -2.30. The van der Waals surface area contributed by atoms with Crippen molar-refractivity contribution in [2.45, 2.75) is 13.0 Å². The molecule has 1 atom stereocenters. The number of benzene rings is 2. The Balaban J connectivity index is 2.63. The third-order valence-corrected chi connectivity index (χ3v) is 3.47. The fourth-order valence-corrected chi connectivity index (χ4v) is 2.42. The van der Waals surface area contributed by atoms with Crippen molar-refractivity contribution < 1.29 is 13.9 Å². The van der Waals surface area contributed by atoms with E-state index in [4.69, 9.17) is 15.3 Å². The molecule has 2 aromatic rings. The van der Waals surface area contributed by atoms with Gasteiger partial charge < -0.3 is 9.47 Å². The average molecular weight is 290 g/mol. The fourth-order valence-electron chi connectivity index (χ4n) is 2.42. The second kappa shape index (κ2) is 6.56. The van der Waals surface area contributed by atoms with Crippen LogP contribution in [0, 0.1) is 12.7 Å². The van der Waals surface area contributed by atoms with Gasteiger partial charge in [0.25, 0.3) is 0 Å². The standard InChI is InChI=1S/C16H19FN2O2/c1-10-7-8-11(17)9-12(10)16(19-18)15-13(20-2)5-4-6-14(15)21-3/h4-9,16,19H,18H2,1-3H3. The van der Waals surface area contributed by atoms with Gasteiger partial charge in [-0.15, -0.1) is 0 Å². The molecule has 0 aliphatic heterocycles. The van der Waals surface area contributed by atoms with Gasteiger partial charge in [0.2, 0.25) is 0 Å². The zero-order chi connectivity index (χ0) is 15.4. The van der Waals surface area contributed by atoms with Crippen LogP contribution in [0.5, 0.6) is 11.5 Å². The van der Waals surface area contributed by atoms with Crippen molar-refractivity contribution in [2.24, 2.45) is 5.84 Å². The molecule has 0 radical (unpaired) electrons. The van der Waals surface area contributed by atoms with Gasteiger partial charge in [-0.05, 0) is 42.3 Å². The van der Waals surface area contributed by atoms with Gasteiger partial charge in [-0.3, -0.25) is 5.84 Å². The predicted octanol–water partition coefficient (Wildman–Crippen LogP) is 2.70. The van der Waals surface area contributed by atoms with Gasteiger partial charge in [0.1, 0.15) is 17.3 Å². The monoisotopic (exact) mass is 290 g/mol. The highest BCUT2D eigenvalue weighted by molar-refractivity contribution is 5.51. The Kier molecular flexibility index (Phi) is 4.77. The van der Waals surface area contributed by atoms with Crippen LogP contribution in [-0.2, 0) is 0 Å². The van der Waals surface area contributed by atoms with Crippen LogP contribution >= 0.6 is 0 Å². The Morgan fingerprint density at radius 3 is 2.24 bits per heavy atom. The van der Waals surface area contributed by atoms with Crippen LogP contribution in [0.2, 0.25) is 0 Å². The average Bonchev–Trinajstić information content (AvgIpc) is 2.51. The zero-order valence-corrected chi connectivity index (χ0v) is 12.3. The summed E-state index contributed by atoms with van der Waals surface area (Å²) >= 11 is 0. The first-order chi connectivity index (χ1) is 10.1. The summed E-state index contributed by atoms with van der Waals surface area (Å²) in [6.45, 7) is 1.90. The van der Waals surface area contributed by atoms with Crippen molar-refractivity contribution in [2.75, 3.05) is 14.2 Å². The molecular formula is C16H19FN2O2. The van der Waals surface area contributed by atoms with Gasteiger partial charge in [0, 0.05) is 0 Å². The molecule has 0 aliphatic rings. The maximum atomic E-state index is 13.6. The van der Waals surface area contributed by atoms with Crippen LogP contribution < -0.4 is 20.7 Å². The number of methoxy groups -OCH3 is 2. The molecule has 0 heterocycles. The van der Waals surface area contributed by atoms with Crippen LogP contribution in [0.3, 0.4) is 0 Å². The normalized spacial score (nSPS) is 12.0. The van der Waals surface area contributed by atoms with E-state index in [0.717, 1.165) is 16.7 Å². The van der Waals surface area contributed by atoms with E-state index in [1.54, 1.807) is 20.3 Å². The number of rotatable bonds is 5. The minimum absolute atomic E-state index is 0.315. The van der Waals surface area contributed by atoms with E-state index in [-0.39, 0.29) is 5.82 Å². The molecule has 5 heteroatoms. The lowest BCUT2D eigenvalue weighted by atomic mass is 9.94. The van der Waals surface area contributed by atoms with Crippen molar-refractivity contribution in [3.8, 4) is 11.5 Å². The highest BCUT2D eigenvalue weighted by Crippen LogP contribution is 2.38. The molecule has 0 bridgehead atoms. The summed E-state index contributed by atoms with van der Waals surface area (Å²) in [6.07, 6.45) is 0. The van der Waals surface area contributed by atoms with Crippen LogP contribution in [0.25, 0.3) is 0 Å². The summed E-state index contributed by atoms with van der Waals surface area (Å²) in [5, 5.41) is 0. The molecule has 112 valence electrons. The minimum atomic E-state index is -0.438. The number of halogens is 1. The summed E-state index contributed by atoms with van der Waals surface area (Å²) < 4.78 is 24.4. The number of hydrogen-bond acceptors (Lipinski definition) is 4. The van der Waals surface area contributed by atoms with Crippen LogP contribution in [0.4, 0.5) is 4.39 Å². The molecule has 2 rings (SSSR count). The third-order valence-electron chi connectivity index (χ3n) is 3.47. The van der Waals surface area contributed by atoms with Gasteiger partial charge in [-0.2, -0.15) is 0 Å². The minimum Gasteiger partial charge on any atom is -0.496 e. The van der Waals surface area contributed by atoms with E-state index in [9.17, 15) is 4.39 Å². The molecule has 0 spiro atoms. The fraction of sp³-hybridized carbons (Fsp3) is 0.250. The molecule has 3 N–H and O–H groups in total. The molecule has 21 heavy (non-hydrogen) atoms. The van der Waals surface area contributed by atoms with Crippen molar-refractivity contribution >= 4 is 0 Å². The predicted molar refractivity (Wildman–Crippen MR) is 79.8 cm³/mol. The Morgan fingerprint density at radius 1 is 1.10 bits per heavy atom. The van der Waals surface area contributed by atoms with E-state index < -0.39 is 6.04 Å². The number of hydrogen-bond donors (Lipinski definition) is 2. The van der Waals surface area contributed by atoms with E-state index in [1.165, 1.54) is 12.1 Å². The number of hydrazine groups is 1.